The number of para-hydroxylation sites is 1. The van der Waals surface area contributed by atoms with Gasteiger partial charge in [0.05, 0.1) is 17.9 Å². The van der Waals surface area contributed by atoms with E-state index < -0.39 is 11.9 Å². The van der Waals surface area contributed by atoms with Gasteiger partial charge in [-0.25, -0.2) is 9.78 Å². The summed E-state index contributed by atoms with van der Waals surface area (Å²) < 4.78 is 5.00. The van der Waals surface area contributed by atoms with E-state index in [2.05, 4.69) is 10.3 Å². The van der Waals surface area contributed by atoms with Gasteiger partial charge < -0.3 is 20.1 Å². The minimum absolute atomic E-state index is 0.0357. The highest BCUT2D eigenvalue weighted by Crippen LogP contribution is 2.21. The molecule has 23 heavy (non-hydrogen) atoms. The second-order valence-corrected chi connectivity index (χ2v) is 5.57. The maximum absolute atomic E-state index is 12.2. The van der Waals surface area contributed by atoms with Crippen LogP contribution in [0.25, 0.3) is 0 Å². The van der Waals surface area contributed by atoms with Crippen LogP contribution < -0.4 is 10.2 Å². The number of rotatable bonds is 7. The summed E-state index contributed by atoms with van der Waals surface area (Å²) in [5.41, 5.74) is 0.523. The lowest BCUT2D eigenvalue weighted by molar-refractivity contribution is 0.0698. The van der Waals surface area contributed by atoms with Crippen LogP contribution in [0.1, 0.15) is 20.8 Å². The molecule has 0 unspecified atom stereocenters. The van der Waals surface area contributed by atoms with E-state index in [1.165, 1.54) is 17.4 Å². The minimum Gasteiger partial charge on any atom is -0.478 e. The molecule has 1 aromatic carbocycles. The van der Waals surface area contributed by atoms with Crippen LogP contribution in [0, 0.1) is 0 Å². The molecular formula is C15H17N3O4S. The molecule has 1 amide bonds. The van der Waals surface area contributed by atoms with E-state index in [-0.39, 0.29) is 16.9 Å². The van der Waals surface area contributed by atoms with E-state index in [1.807, 2.05) is 11.9 Å². The quantitative estimate of drug-likeness (QED) is 0.806. The van der Waals surface area contributed by atoms with Gasteiger partial charge >= 0.3 is 5.97 Å². The van der Waals surface area contributed by atoms with Crippen molar-refractivity contribution in [1.82, 2.24) is 4.98 Å². The molecular weight excluding hydrogens is 318 g/mol. The number of nitrogens with one attached hydrogen (secondary N) is 1. The summed E-state index contributed by atoms with van der Waals surface area (Å²) in [7, 11) is 3.48. The highest BCUT2D eigenvalue weighted by atomic mass is 32.1. The number of aromatic carboxylic acids is 1. The van der Waals surface area contributed by atoms with Gasteiger partial charge in [-0.3, -0.25) is 4.79 Å². The van der Waals surface area contributed by atoms with Crippen LogP contribution in [0.4, 0.5) is 10.8 Å². The third-order valence-electron chi connectivity index (χ3n) is 3.09. The second-order valence-electron chi connectivity index (χ2n) is 4.73. The van der Waals surface area contributed by atoms with Crippen molar-refractivity contribution in [2.24, 2.45) is 0 Å². The standard InChI is InChI=1S/C15H17N3O4S/c1-18(7-8-22-2)15-17-12(9-23-15)13(19)16-11-6-4-3-5-10(11)14(20)21/h3-6,9H,7-8H2,1-2H3,(H,16,19)(H,20,21). The number of benzene rings is 1. The smallest absolute Gasteiger partial charge is 0.337 e. The Morgan fingerprint density at radius 2 is 2.13 bits per heavy atom. The van der Waals surface area contributed by atoms with E-state index in [9.17, 15) is 9.59 Å². The molecule has 0 atom stereocenters. The van der Waals surface area contributed by atoms with E-state index >= 15 is 0 Å². The predicted octanol–water partition coefficient (Wildman–Crippen LogP) is 2.18. The van der Waals surface area contributed by atoms with Crippen LogP contribution in [-0.2, 0) is 4.74 Å². The molecule has 0 aliphatic rings. The number of carbonyl (C=O) groups is 2. The first kappa shape index (κ1) is 16.9. The number of amides is 1. The van der Waals surface area contributed by atoms with Crippen molar-refractivity contribution in [2.45, 2.75) is 0 Å². The Balaban J connectivity index is 2.10. The number of ether oxygens (including phenoxy) is 1. The number of carboxylic acid groups (broad SMARTS) is 1. The summed E-state index contributed by atoms with van der Waals surface area (Å²) >= 11 is 1.34. The van der Waals surface area contributed by atoms with Crippen molar-refractivity contribution < 1.29 is 19.4 Å². The van der Waals surface area contributed by atoms with E-state index in [0.717, 1.165) is 0 Å². The fraction of sp³-hybridized carbons (Fsp3) is 0.267. The summed E-state index contributed by atoms with van der Waals surface area (Å²) in [6.45, 7) is 1.22. The first-order valence-electron chi connectivity index (χ1n) is 6.82. The van der Waals surface area contributed by atoms with Crippen molar-refractivity contribution in [3.05, 3.63) is 40.9 Å². The van der Waals surface area contributed by atoms with Crippen molar-refractivity contribution in [1.29, 1.82) is 0 Å². The highest BCUT2D eigenvalue weighted by Gasteiger charge is 2.16. The maximum atomic E-state index is 12.2. The van der Waals surface area contributed by atoms with Crippen LogP contribution >= 0.6 is 11.3 Å². The predicted molar refractivity (Wildman–Crippen MR) is 88.6 cm³/mol. The molecule has 2 aromatic rings. The Bertz CT molecular complexity index is 702. The Hall–Kier alpha value is -2.45. The molecule has 1 heterocycles. The summed E-state index contributed by atoms with van der Waals surface area (Å²) in [6, 6.07) is 6.24. The van der Waals surface area contributed by atoms with Gasteiger partial charge in [0.25, 0.3) is 5.91 Å². The van der Waals surface area contributed by atoms with Crippen molar-refractivity contribution in [3.63, 3.8) is 0 Å². The first-order chi connectivity index (χ1) is 11.0. The zero-order valence-corrected chi connectivity index (χ0v) is 13.6. The molecule has 0 saturated carbocycles. The van der Waals surface area contributed by atoms with E-state index in [0.29, 0.717) is 18.3 Å². The summed E-state index contributed by atoms with van der Waals surface area (Å²) in [6.07, 6.45) is 0. The van der Waals surface area contributed by atoms with Gasteiger partial charge in [0.15, 0.2) is 5.13 Å². The molecule has 2 rings (SSSR count). The summed E-state index contributed by atoms with van der Waals surface area (Å²) in [4.78, 5) is 29.5. The zero-order chi connectivity index (χ0) is 16.8. The van der Waals surface area contributed by atoms with Crippen molar-refractivity contribution >= 4 is 34.0 Å². The van der Waals surface area contributed by atoms with E-state index in [1.54, 1.807) is 30.7 Å². The Kier molecular flexibility index (Phi) is 5.67. The number of likely N-dealkylation sites (N-methyl/N-ethyl adjacent to an activating group) is 1. The lowest BCUT2D eigenvalue weighted by Gasteiger charge is -2.14. The van der Waals surface area contributed by atoms with Gasteiger partial charge in [-0.15, -0.1) is 11.3 Å². The number of anilines is 2. The fourth-order valence-electron chi connectivity index (χ4n) is 1.83. The fourth-order valence-corrected chi connectivity index (χ4v) is 2.63. The Labute approximate surface area is 137 Å². The van der Waals surface area contributed by atoms with Crippen molar-refractivity contribution in [2.75, 3.05) is 37.5 Å². The van der Waals surface area contributed by atoms with E-state index in [4.69, 9.17) is 9.84 Å². The number of hydrogen-bond acceptors (Lipinski definition) is 6. The molecule has 0 aliphatic heterocycles. The largest absolute Gasteiger partial charge is 0.478 e. The molecule has 0 saturated heterocycles. The van der Waals surface area contributed by atoms with Crippen molar-refractivity contribution in [3.8, 4) is 0 Å². The van der Waals surface area contributed by atoms with Gasteiger partial charge in [-0.05, 0) is 12.1 Å². The number of thiazole rings is 1. The first-order valence-corrected chi connectivity index (χ1v) is 7.70. The number of aromatic nitrogens is 1. The monoisotopic (exact) mass is 335 g/mol. The Morgan fingerprint density at radius 1 is 1.39 bits per heavy atom. The lowest BCUT2D eigenvalue weighted by Crippen LogP contribution is -2.22. The number of carbonyl (C=O) groups excluding carboxylic acids is 1. The number of hydrogen-bond donors (Lipinski definition) is 2. The third kappa shape index (κ3) is 4.27. The zero-order valence-electron chi connectivity index (χ0n) is 12.8. The van der Waals surface area contributed by atoms with Crippen LogP contribution in [0.3, 0.4) is 0 Å². The number of nitrogens with zero attached hydrogens (tertiary/aromatic N) is 2. The Morgan fingerprint density at radius 3 is 2.83 bits per heavy atom. The molecule has 2 N–H and O–H groups in total. The van der Waals surface area contributed by atoms with Gasteiger partial charge in [0.1, 0.15) is 5.69 Å². The van der Waals surface area contributed by atoms with Gasteiger partial charge in [-0.2, -0.15) is 0 Å². The molecule has 0 bridgehead atoms. The second kappa shape index (κ2) is 7.70. The number of methoxy groups -OCH3 is 1. The summed E-state index contributed by atoms with van der Waals surface area (Å²) in [5, 5.41) is 14.0. The average molecular weight is 335 g/mol. The SMILES string of the molecule is COCCN(C)c1nc(C(=O)Nc2ccccc2C(=O)O)cs1. The number of carboxylic acids is 1. The molecule has 0 spiro atoms. The van der Waals surface area contributed by atoms with Gasteiger partial charge in [0.2, 0.25) is 0 Å². The maximum Gasteiger partial charge on any atom is 0.337 e. The third-order valence-corrected chi connectivity index (χ3v) is 4.04. The highest BCUT2D eigenvalue weighted by molar-refractivity contribution is 7.13. The molecule has 0 fully saturated rings. The molecule has 1 aromatic heterocycles. The van der Waals surface area contributed by atoms with Crippen LogP contribution in [0.5, 0.6) is 0 Å². The molecule has 7 nitrogen and oxygen atoms in total. The normalized spacial score (nSPS) is 10.3. The average Bonchev–Trinajstić information content (AvgIpc) is 3.03. The topological polar surface area (TPSA) is 91.8 Å². The lowest BCUT2D eigenvalue weighted by atomic mass is 10.2. The van der Waals surface area contributed by atoms with Crippen LogP contribution in [0.2, 0.25) is 0 Å². The van der Waals surface area contributed by atoms with Crippen LogP contribution in [0.15, 0.2) is 29.6 Å². The summed E-state index contributed by atoms with van der Waals surface area (Å²) in [5.74, 6) is -1.54. The van der Waals surface area contributed by atoms with Crippen LogP contribution in [-0.4, -0.2) is 49.3 Å². The minimum atomic E-state index is -1.10. The molecule has 8 heteroatoms. The molecule has 0 aliphatic carbocycles. The van der Waals surface area contributed by atoms with Gasteiger partial charge in [-0.1, -0.05) is 12.1 Å². The van der Waals surface area contributed by atoms with Gasteiger partial charge in [0, 0.05) is 26.1 Å². The molecule has 122 valence electrons. The molecule has 0 radical (unpaired) electrons.